The summed E-state index contributed by atoms with van der Waals surface area (Å²) in [4.78, 5) is 24.0. The second-order valence-electron chi connectivity index (χ2n) is 11.0. The third-order valence-corrected chi connectivity index (χ3v) is 17.3. The Morgan fingerprint density at radius 1 is 0.811 bits per heavy atom. The molecule has 1 aromatic rings. The van der Waals surface area contributed by atoms with Gasteiger partial charge in [0.25, 0.3) is 0 Å². The highest BCUT2D eigenvalue weighted by atomic mass is 28.5. The largest absolute Gasteiger partial charge is 0.490 e. The minimum atomic E-state index is -2.65. The number of methoxy groups -OCH3 is 1. The molecule has 0 bridgehead atoms. The Morgan fingerprint density at radius 3 is 1.86 bits per heavy atom. The number of carbonyl (C=O) groups is 2. The van der Waals surface area contributed by atoms with Gasteiger partial charge in [-0.2, -0.15) is 0 Å². The van der Waals surface area contributed by atoms with Crippen LogP contribution in [0.3, 0.4) is 0 Å². The molecule has 1 rings (SSSR count). The minimum absolute atomic E-state index is 0.161. The van der Waals surface area contributed by atoms with Crippen molar-refractivity contribution in [3.63, 3.8) is 0 Å². The fourth-order valence-electron chi connectivity index (χ4n) is 3.70. The molecule has 8 nitrogen and oxygen atoms in total. The Labute approximate surface area is 226 Å². The normalized spacial score (nSPS) is 14.8. The van der Waals surface area contributed by atoms with Crippen molar-refractivity contribution < 1.29 is 36.1 Å². The van der Waals surface area contributed by atoms with Crippen LogP contribution in [0.5, 0.6) is 5.75 Å². The summed E-state index contributed by atoms with van der Waals surface area (Å²) < 4.78 is 35.1. The summed E-state index contributed by atoms with van der Waals surface area (Å²) in [6.07, 6.45) is 3.37. The van der Waals surface area contributed by atoms with E-state index in [9.17, 15) is 9.59 Å². The summed E-state index contributed by atoms with van der Waals surface area (Å²) in [6.45, 7) is 21.4. The number of ether oxygens (including phenoxy) is 3. The zero-order chi connectivity index (χ0) is 28.5. The molecule has 0 aromatic heterocycles. The van der Waals surface area contributed by atoms with Gasteiger partial charge >= 0.3 is 29.1 Å². The molecule has 0 aliphatic heterocycles. The molecule has 0 aliphatic carbocycles. The molecule has 0 amide bonds. The van der Waals surface area contributed by atoms with E-state index in [-0.39, 0.29) is 12.2 Å². The van der Waals surface area contributed by atoms with Crippen LogP contribution in [0, 0.1) is 0 Å². The second-order valence-corrected chi connectivity index (χ2v) is 27.1. The highest BCUT2D eigenvalue weighted by molar-refractivity contribution is 6.91. The second kappa shape index (κ2) is 13.8. The van der Waals surface area contributed by atoms with Crippen molar-refractivity contribution >= 4 is 51.8 Å². The van der Waals surface area contributed by atoms with E-state index in [2.05, 4.69) is 58.9 Å². The number of hydrogen-bond acceptors (Lipinski definition) is 8. The molecule has 0 N–H and O–H groups in total. The molecule has 1 unspecified atom stereocenters. The average Bonchev–Trinajstić information content (AvgIpc) is 2.72. The Bertz CT molecular complexity index is 962. The van der Waals surface area contributed by atoms with Crippen LogP contribution in [-0.4, -0.2) is 66.0 Å². The molecule has 0 saturated carbocycles. The summed E-state index contributed by atoms with van der Waals surface area (Å²) >= 11 is 0. The molecular formula is C25H44O8Si4. The first-order valence-corrected chi connectivity index (χ1v) is 24.4. The molecule has 0 fully saturated rings. The monoisotopic (exact) mass is 584 g/mol. The van der Waals surface area contributed by atoms with Crippen molar-refractivity contribution in [3.8, 4) is 5.75 Å². The van der Waals surface area contributed by atoms with Gasteiger partial charge in [0.1, 0.15) is 17.9 Å². The van der Waals surface area contributed by atoms with E-state index in [1.807, 2.05) is 11.8 Å². The van der Waals surface area contributed by atoms with Crippen molar-refractivity contribution in [1.82, 2.24) is 0 Å². The van der Waals surface area contributed by atoms with Crippen LogP contribution in [0.2, 0.25) is 58.9 Å². The molecule has 1 atom stereocenters. The van der Waals surface area contributed by atoms with E-state index in [1.54, 1.807) is 31.2 Å². The average molecular weight is 585 g/mol. The third kappa shape index (κ3) is 13.5. The Kier molecular flexibility index (Phi) is 12.4. The van der Waals surface area contributed by atoms with E-state index < -0.39 is 45.7 Å². The molecule has 0 aliphatic rings. The standard InChI is InChI=1S/C25H44O8Si4/c1-12-29-25(27)23(24(26)28-2)20-21-14-16-22(17-15-21)30-18-13-19-37(11,32-35(6,7)8)33-36(9,10)31-34(3,4)5/h13-17,19-20H,12,18H2,1-11H3/b19-13+,23-20?. The third-order valence-electron chi connectivity index (χ3n) is 4.37. The molecule has 208 valence electrons. The van der Waals surface area contributed by atoms with Crippen LogP contribution in [0.15, 0.2) is 41.6 Å². The maximum Gasteiger partial charge on any atom is 0.345 e. The molecule has 37 heavy (non-hydrogen) atoms. The highest BCUT2D eigenvalue weighted by Gasteiger charge is 2.43. The van der Waals surface area contributed by atoms with Crippen LogP contribution in [0.25, 0.3) is 6.08 Å². The smallest absolute Gasteiger partial charge is 0.345 e. The zero-order valence-electron chi connectivity index (χ0n) is 24.2. The van der Waals surface area contributed by atoms with Crippen molar-refractivity contribution in [3.05, 3.63) is 47.2 Å². The van der Waals surface area contributed by atoms with Crippen LogP contribution in [0.1, 0.15) is 12.5 Å². The fourth-order valence-corrected chi connectivity index (χ4v) is 20.5. The van der Waals surface area contributed by atoms with Crippen LogP contribution >= 0.6 is 0 Å². The first-order chi connectivity index (χ1) is 16.9. The molecule has 12 heteroatoms. The van der Waals surface area contributed by atoms with Gasteiger partial charge in [-0.3, -0.25) is 0 Å². The van der Waals surface area contributed by atoms with Gasteiger partial charge in [0.05, 0.1) is 13.7 Å². The van der Waals surface area contributed by atoms with Gasteiger partial charge in [-0.15, -0.1) is 0 Å². The molecule has 0 spiro atoms. The molecule has 1 aromatic carbocycles. The lowest BCUT2D eigenvalue weighted by atomic mass is 10.1. The predicted molar refractivity (Wildman–Crippen MR) is 157 cm³/mol. The summed E-state index contributed by atoms with van der Waals surface area (Å²) in [5.74, 6) is -0.832. The Balaban J connectivity index is 2.95. The first kappa shape index (κ1) is 33.2. The Hall–Kier alpha value is -1.81. The maximum absolute atomic E-state index is 12.1. The topological polar surface area (TPSA) is 89.5 Å². The number of hydrogen-bond donors (Lipinski definition) is 0. The van der Waals surface area contributed by atoms with E-state index in [1.165, 1.54) is 13.2 Å². The highest BCUT2D eigenvalue weighted by Crippen LogP contribution is 2.25. The molecule has 0 radical (unpaired) electrons. The van der Waals surface area contributed by atoms with Gasteiger partial charge in [0.15, 0.2) is 16.6 Å². The summed E-state index contributed by atoms with van der Waals surface area (Å²) in [6, 6.07) is 7.03. The van der Waals surface area contributed by atoms with Crippen LogP contribution in [0.4, 0.5) is 0 Å². The van der Waals surface area contributed by atoms with Gasteiger partial charge in [-0.25, -0.2) is 9.59 Å². The lowest BCUT2D eigenvalue weighted by Crippen LogP contribution is -2.56. The van der Waals surface area contributed by atoms with Crippen molar-refractivity contribution in [1.29, 1.82) is 0 Å². The lowest BCUT2D eigenvalue weighted by Gasteiger charge is -2.39. The van der Waals surface area contributed by atoms with Gasteiger partial charge in [0.2, 0.25) is 0 Å². The van der Waals surface area contributed by atoms with Gasteiger partial charge in [-0.1, -0.05) is 18.2 Å². The molecule has 0 heterocycles. The SMILES string of the molecule is CCOC(=O)C(=Cc1ccc(OC/C=C/[Si](C)(O[Si](C)(C)C)O[Si](C)(C)O[Si](C)(C)C)cc1)C(=O)OC. The Morgan fingerprint density at radius 2 is 1.38 bits per heavy atom. The van der Waals surface area contributed by atoms with E-state index in [0.717, 1.165) is 0 Å². The van der Waals surface area contributed by atoms with Gasteiger partial charge in [-0.05, 0) is 95.3 Å². The minimum Gasteiger partial charge on any atom is -0.490 e. The maximum atomic E-state index is 12.1. The van der Waals surface area contributed by atoms with Crippen molar-refractivity contribution in [2.75, 3.05) is 20.3 Å². The fraction of sp³-hybridized carbons (Fsp3) is 0.520. The quantitative estimate of drug-likeness (QED) is 0.0895. The van der Waals surface area contributed by atoms with E-state index >= 15 is 0 Å². The van der Waals surface area contributed by atoms with Crippen molar-refractivity contribution in [2.45, 2.75) is 65.8 Å². The van der Waals surface area contributed by atoms with Crippen molar-refractivity contribution in [2.24, 2.45) is 0 Å². The van der Waals surface area contributed by atoms with E-state index in [0.29, 0.717) is 17.9 Å². The first-order valence-electron chi connectivity index (χ1n) is 12.4. The number of rotatable bonds is 14. The van der Waals surface area contributed by atoms with Crippen LogP contribution < -0.4 is 4.74 Å². The summed E-state index contributed by atoms with van der Waals surface area (Å²) in [5.41, 5.74) is 2.51. The molecule has 0 saturated heterocycles. The van der Waals surface area contributed by atoms with Crippen LogP contribution in [-0.2, 0) is 31.4 Å². The summed E-state index contributed by atoms with van der Waals surface area (Å²) in [7, 11) is -7.45. The number of esters is 2. The zero-order valence-corrected chi connectivity index (χ0v) is 28.2. The van der Waals surface area contributed by atoms with E-state index in [4.69, 9.17) is 26.6 Å². The van der Waals surface area contributed by atoms with Gasteiger partial charge < -0.3 is 26.6 Å². The number of carbonyl (C=O) groups excluding carboxylic acids is 2. The lowest BCUT2D eigenvalue weighted by molar-refractivity contribution is -0.145. The van der Waals surface area contributed by atoms with Gasteiger partial charge in [0, 0.05) is 0 Å². The predicted octanol–water partition coefficient (Wildman–Crippen LogP) is 5.77. The molecular weight excluding hydrogens is 541 g/mol. The number of benzene rings is 1. The summed E-state index contributed by atoms with van der Waals surface area (Å²) in [5, 5.41) is 0.